The van der Waals surface area contributed by atoms with Crippen LogP contribution < -0.4 is 0 Å². The molecule has 78 valence electrons. The molecule has 0 heterocycles. The van der Waals surface area contributed by atoms with Crippen LogP contribution in [0.15, 0.2) is 34.8 Å². The first-order valence-electron chi connectivity index (χ1n) is 4.80. The van der Waals surface area contributed by atoms with E-state index >= 15 is 0 Å². The molecule has 0 amide bonds. The summed E-state index contributed by atoms with van der Waals surface area (Å²) in [5.74, 6) is 0.0142. The summed E-state index contributed by atoms with van der Waals surface area (Å²) in [7, 11) is 0. The molecule has 0 radical (unpaired) electrons. The third-order valence-corrected chi connectivity index (χ3v) is 3.52. The normalized spacial score (nSPS) is 14.1. The quantitative estimate of drug-likeness (QED) is 0.702. The Morgan fingerprint density at radius 2 is 1.94 bits per heavy atom. The van der Waals surface area contributed by atoms with Gasteiger partial charge in [-0.15, -0.1) is 0 Å². The van der Waals surface area contributed by atoms with E-state index in [1.54, 1.807) is 0 Å². The molecule has 0 atom stereocenters. The molecular formula is C13H6BrClO. The minimum atomic E-state index is 0.0142. The minimum Gasteiger partial charge on any atom is -0.288 e. The molecule has 2 aromatic rings. The van der Waals surface area contributed by atoms with Crippen molar-refractivity contribution in [3.05, 3.63) is 51.0 Å². The standard InChI is InChI=1S/C13H6BrClO/c14-12-5-7-3-8-1-2-9(15)6-10(8)11(4-7)13(12)16/h1-6H. The third-order valence-electron chi connectivity index (χ3n) is 2.69. The second kappa shape index (κ2) is 3.44. The Bertz CT molecular complexity index is 658. The number of hydrogen-bond acceptors (Lipinski definition) is 1. The van der Waals surface area contributed by atoms with E-state index in [1.807, 2.05) is 36.4 Å². The van der Waals surface area contributed by atoms with Crippen molar-refractivity contribution in [2.45, 2.75) is 0 Å². The first kappa shape index (κ1) is 10.1. The molecule has 1 nitrogen and oxygen atoms in total. The van der Waals surface area contributed by atoms with E-state index in [9.17, 15) is 4.79 Å². The fourth-order valence-corrected chi connectivity index (χ4v) is 2.61. The smallest absolute Gasteiger partial charge is 0.200 e. The van der Waals surface area contributed by atoms with Gasteiger partial charge in [0.05, 0.1) is 4.48 Å². The van der Waals surface area contributed by atoms with Gasteiger partial charge in [0.25, 0.3) is 0 Å². The number of Topliss-reactive ketones (excluding diaryl/α,β-unsaturated/α-hetero) is 1. The van der Waals surface area contributed by atoms with Gasteiger partial charge in [0.2, 0.25) is 5.78 Å². The average Bonchev–Trinajstić information content (AvgIpc) is 2.26. The maximum Gasteiger partial charge on any atom is 0.200 e. The zero-order valence-corrected chi connectivity index (χ0v) is 10.5. The largest absolute Gasteiger partial charge is 0.288 e. The summed E-state index contributed by atoms with van der Waals surface area (Å²) < 4.78 is 0.599. The van der Waals surface area contributed by atoms with Crippen LogP contribution in [0.1, 0.15) is 15.9 Å². The van der Waals surface area contributed by atoms with Gasteiger partial charge < -0.3 is 0 Å². The second-order valence-electron chi connectivity index (χ2n) is 3.76. The highest BCUT2D eigenvalue weighted by Gasteiger charge is 2.18. The molecule has 0 aromatic heterocycles. The summed E-state index contributed by atoms with van der Waals surface area (Å²) in [6.45, 7) is 0. The Hall–Kier alpha value is -1.12. The van der Waals surface area contributed by atoms with Crippen molar-refractivity contribution in [1.82, 2.24) is 0 Å². The molecule has 0 fully saturated rings. The minimum absolute atomic E-state index is 0.0142. The predicted octanol–water partition coefficient (Wildman–Crippen LogP) is 4.43. The lowest BCUT2D eigenvalue weighted by atomic mass is 9.94. The topological polar surface area (TPSA) is 17.1 Å². The molecule has 1 aliphatic rings. The molecule has 1 aliphatic carbocycles. The molecule has 0 spiro atoms. The van der Waals surface area contributed by atoms with E-state index in [1.165, 1.54) is 0 Å². The molecule has 2 aromatic carbocycles. The first-order chi connectivity index (χ1) is 7.65. The molecule has 0 N–H and O–H groups in total. The Morgan fingerprint density at radius 1 is 1.12 bits per heavy atom. The van der Waals surface area contributed by atoms with Crippen molar-refractivity contribution < 1.29 is 4.79 Å². The lowest BCUT2D eigenvalue weighted by Crippen LogP contribution is -2.04. The Balaban J connectivity index is 2.45. The second-order valence-corrected chi connectivity index (χ2v) is 5.05. The van der Waals surface area contributed by atoms with Gasteiger partial charge in [-0.25, -0.2) is 0 Å². The number of benzene rings is 2. The SMILES string of the molecule is O=C1C(Br)=Cc2cc1c1cc(Cl)ccc1c2. The lowest BCUT2D eigenvalue weighted by molar-refractivity contribution is 0.104. The van der Waals surface area contributed by atoms with E-state index in [2.05, 4.69) is 15.9 Å². The summed E-state index contributed by atoms with van der Waals surface area (Å²) >= 11 is 9.23. The summed E-state index contributed by atoms with van der Waals surface area (Å²) in [5, 5.41) is 2.60. The number of rotatable bonds is 0. The molecule has 0 aliphatic heterocycles. The van der Waals surface area contributed by atoms with Crippen LogP contribution in [0, 0.1) is 0 Å². The van der Waals surface area contributed by atoms with Gasteiger partial charge in [-0.1, -0.05) is 17.7 Å². The van der Waals surface area contributed by atoms with E-state index in [4.69, 9.17) is 11.6 Å². The molecule has 2 bridgehead atoms. The van der Waals surface area contributed by atoms with Gasteiger partial charge in [-0.2, -0.15) is 0 Å². The van der Waals surface area contributed by atoms with Crippen LogP contribution >= 0.6 is 27.5 Å². The van der Waals surface area contributed by atoms with Crippen molar-refractivity contribution in [2.24, 2.45) is 0 Å². The monoisotopic (exact) mass is 292 g/mol. The number of carbonyl (C=O) groups is 1. The van der Waals surface area contributed by atoms with Crippen molar-refractivity contribution in [1.29, 1.82) is 0 Å². The predicted molar refractivity (Wildman–Crippen MR) is 70.2 cm³/mol. The zero-order chi connectivity index (χ0) is 11.3. The summed E-state index contributed by atoms with van der Waals surface area (Å²) in [4.78, 5) is 12.0. The summed E-state index contributed by atoms with van der Waals surface area (Å²) in [6.07, 6.45) is 1.84. The van der Waals surface area contributed by atoms with E-state index in [-0.39, 0.29) is 5.78 Å². The molecule has 0 saturated heterocycles. The molecule has 16 heavy (non-hydrogen) atoms. The number of carbonyl (C=O) groups excluding carboxylic acids is 1. The van der Waals surface area contributed by atoms with E-state index < -0.39 is 0 Å². The molecule has 0 saturated carbocycles. The van der Waals surface area contributed by atoms with Crippen LogP contribution in [-0.4, -0.2) is 5.78 Å². The molecule has 0 unspecified atom stereocenters. The van der Waals surface area contributed by atoms with Gasteiger partial charge >= 0.3 is 0 Å². The van der Waals surface area contributed by atoms with Crippen LogP contribution in [0.4, 0.5) is 0 Å². The van der Waals surface area contributed by atoms with Gasteiger partial charge in [0, 0.05) is 10.6 Å². The van der Waals surface area contributed by atoms with Crippen LogP contribution in [0.5, 0.6) is 0 Å². The van der Waals surface area contributed by atoms with Crippen LogP contribution in [0.3, 0.4) is 0 Å². The van der Waals surface area contributed by atoms with Gasteiger partial charge in [-0.05, 0) is 62.6 Å². The fraction of sp³-hybridized carbons (Fsp3) is 0. The Morgan fingerprint density at radius 3 is 2.75 bits per heavy atom. The summed E-state index contributed by atoms with van der Waals surface area (Å²) in [6, 6.07) is 9.54. The highest BCUT2D eigenvalue weighted by Crippen LogP contribution is 2.32. The number of allylic oxidation sites excluding steroid dienone is 1. The molecular weight excluding hydrogens is 287 g/mol. The lowest BCUT2D eigenvalue weighted by Gasteiger charge is -2.12. The number of hydrogen-bond donors (Lipinski definition) is 0. The molecule has 3 heteroatoms. The van der Waals surface area contributed by atoms with Gasteiger partial charge in [-0.3, -0.25) is 4.79 Å². The summed E-state index contributed by atoms with van der Waals surface area (Å²) in [5.41, 5.74) is 1.75. The number of fused-ring (bicyclic) bond motifs is 4. The van der Waals surface area contributed by atoms with Crippen LogP contribution in [-0.2, 0) is 0 Å². The van der Waals surface area contributed by atoms with Crippen molar-refractivity contribution in [2.75, 3.05) is 0 Å². The number of halogens is 2. The van der Waals surface area contributed by atoms with E-state index in [0.29, 0.717) is 15.1 Å². The zero-order valence-electron chi connectivity index (χ0n) is 8.13. The fourth-order valence-electron chi connectivity index (χ4n) is 1.96. The Kier molecular flexibility index (Phi) is 2.16. The maximum absolute atomic E-state index is 12.0. The highest BCUT2D eigenvalue weighted by atomic mass is 79.9. The number of ketones is 1. The average molecular weight is 294 g/mol. The van der Waals surface area contributed by atoms with E-state index in [0.717, 1.165) is 16.3 Å². The van der Waals surface area contributed by atoms with Crippen LogP contribution in [0.2, 0.25) is 5.02 Å². The van der Waals surface area contributed by atoms with Crippen molar-refractivity contribution in [3.8, 4) is 0 Å². The Labute approximate surface area is 106 Å². The first-order valence-corrected chi connectivity index (χ1v) is 5.97. The van der Waals surface area contributed by atoms with Crippen molar-refractivity contribution >= 4 is 50.2 Å². The molecule has 3 rings (SSSR count). The van der Waals surface area contributed by atoms with Gasteiger partial charge in [0.1, 0.15) is 0 Å². The van der Waals surface area contributed by atoms with Gasteiger partial charge in [0.15, 0.2) is 0 Å². The third kappa shape index (κ3) is 1.41. The van der Waals surface area contributed by atoms with Crippen LogP contribution in [0.25, 0.3) is 16.8 Å². The highest BCUT2D eigenvalue weighted by molar-refractivity contribution is 9.12. The van der Waals surface area contributed by atoms with Crippen molar-refractivity contribution in [3.63, 3.8) is 0 Å². The maximum atomic E-state index is 12.0.